The molecule has 5 nitrogen and oxygen atoms in total. The summed E-state index contributed by atoms with van der Waals surface area (Å²) in [6.07, 6.45) is 2.99. The number of carbonyl (C=O) groups is 1. The zero-order valence-electron chi connectivity index (χ0n) is 13.2. The Hall–Kier alpha value is -2.61. The van der Waals surface area contributed by atoms with E-state index in [9.17, 15) is 4.79 Å². The molecule has 1 unspecified atom stereocenters. The second-order valence-electron chi connectivity index (χ2n) is 5.98. The second kappa shape index (κ2) is 6.66. The number of amides is 1. The average Bonchev–Trinajstić information content (AvgIpc) is 2.99. The molecule has 0 fully saturated rings. The minimum atomic E-state index is -0.189. The largest absolute Gasteiger partial charge is 0.360 e. The van der Waals surface area contributed by atoms with Crippen LogP contribution in [0.4, 0.5) is 5.69 Å². The van der Waals surface area contributed by atoms with Crippen LogP contribution in [0.2, 0.25) is 0 Å². The summed E-state index contributed by atoms with van der Waals surface area (Å²) in [5.74, 6) is 1.17. The molecule has 1 aromatic carbocycles. The lowest BCUT2D eigenvalue weighted by atomic mass is 9.88. The van der Waals surface area contributed by atoms with E-state index in [1.165, 1.54) is 0 Å². The third kappa shape index (κ3) is 3.11. The van der Waals surface area contributed by atoms with Crippen LogP contribution in [0.15, 0.2) is 34.9 Å². The van der Waals surface area contributed by atoms with Gasteiger partial charge in [0, 0.05) is 24.2 Å². The number of carbonyl (C=O) groups excluding carboxylic acids is 1. The molecule has 2 aromatic rings. The van der Waals surface area contributed by atoms with Gasteiger partial charge in [0.1, 0.15) is 5.76 Å². The van der Waals surface area contributed by atoms with Crippen molar-refractivity contribution in [2.24, 2.45) is 5.92 Å². The van der Waals surface area contributed by atoms with Crippen molar-refractivity contribution in [1.29, 1.82) is 5.26 Å². The fourth-order valence-electron chi connectivity index (χ4n) is 2.99. The van der Waals surface area contributed by atoms with Crippen molar-refractivity contribution < 1.29 is 9.32 Å². The van der Waals surface area contributed by atoms with Gasteiger partial charge in [0.05, 0.1) is 12.5 Å². The van der Waals surface area contributed by atoms with E-state index >= 15 is 0 Å². The van der Waals surface area contributed by atoms with Crippen molar-refractivity contribution in [3.63, 3.8) is 0 Å². The second-order valence-corrected chi connectivity index (χ2v) is 5.98. The van der Waals surface area contributed by atoms with Crippen molar-refractivity contribution >= 4 is 11.6 Å². The van der Waals surface area contributed by atoms with Crippen LogP contribution in [-0.4, -0.2) is 17.6 Å². The fourth-order valence-corrected chi connectivity index (χ4v) is 2.99. The van der Waals surface area contributed by atoms with Gasteiger partial charge in [-0.05, 0) is 30.9 Å². The average molecular weight is 309 g/mol. The molecule has 0 radical (unpaired) electrons. The van der Waals surface area contributed by atoms with Crippen LogP contribution >= 0.6 is 0 Å². The first-order chi connectivity index (χ1) is 11.2. The molecular formula is C18H19N3O2. The summed E-state index contributed by atoms with van der Waals surface area (Å²) in [7, 11) is 0. The summed E-state index contributed by atoms with van der Waals surface area (Å²) in [5, 5.41) is 12.9. The number of rotatable bonds is 4. The minimum Gasteiger partial charge on any atom is -0.360 e. The van der Waals surface area contributed by atoms with Gasteiger partial charge >= 0.3 is 0 Å². The highest BCUT2D eigenvalue weighted by Crippen LogP contribution is 2.29. The monoisotopic (exact) mass is 309 g/mol. The number of nitriles is 1. The molecule has 1 amide bonds. The van der Waals surface area contributed by atoms with Crippen LogP contribution in [0.3, 0.4) is 0 Å². The lowest BCUT2D eigenvalue weighted by Crippen LogP contribution is -2.33. The van der Waals surface area contributed by atoms with E-state index in [1.807, 2.05) is 30.3 Å². The Kier molecular flexibility index (Phi) is 4.42. The number of benzene rings is 1. The Morgan fingerprint density at radius 2 is 2.22 bits per heavy atom. The van der Waals surface area contributed by atoms with E-state index in [-0.39, 0.29) is 12.3 Å². The van der Waals surface area contributed by atoms with Gasteiger partial charge in [0.15, 0.2) is 5.69 Å². The third-order valence-corrected chi connectivity index (χ3v) is 4.25. The molecule has 1 atom stereocenters. The standard InChI is InChI=1S/C18H19N3O2/c1-13-8-9-16-15(12-13)17(20-23-16)18(22)21(11-5-10-19)14-6-3-2-4-7-14/h2-4,6-7,13H,5,8-9,11-12H2,1H3. The van der Waals surface area contributed by atoms with E-state index in [1.54, 1.807) is 4.90 Å². The van der Waals surface area contributed by atoms with Crippen LogP contribution in [-0.2, 0) is 12.8 Å². The Morgan fingerprint density at radius 3 is 2.96 bits per heavy atom. The molecular weight excluding hydrogens is 290 g/mol. The molecule has 1 aliphatic carbocycles. The summed E-state index contributed by atoms with van der Waals surface area (Å²) in [6.45, 7) is 2.52. The first-order valence-electron chi connectivity index (χ1n) is 7.92. The number of para-hydroxylation sites is 1. The van der Waals surface area contributed by atoms with E-state index in [2.05, 4.69) is 18.1 Å². The summed E-state index contributed by atoms with van der Waals surface area (Å²) in [6, 6.07) is 11.5. The number of hydrogen-bond acceptors (Lipinski definition) is 4. The number of fused-ring (bicyclic) bond motifs is 1. The molecule has 5 heteroatoms. The molecule has 0 saturated heterocycles. The maximum absolute atomic E-state index is 13.0. The molecule has 1 heterocycles. The Bertz CT molecular complexity index is 730. The highest BCUT2D eigenvalue weighted by molar-refractivity contribution is 6.05. The quantitative estimate of drug-likeness (QED) is 0.868. The van der Waals surface area contributed by atoms with Gasteiger partial charge in [-0.2, -0.15) is 5.26 Å². The lowest BCUT2D eigenvalue weighted by Gasteiger charge is -2.22. The smallest absolute Gasteiger partial charge is 0.280 e. The van der Waals surface area contributed by atoms with Crippen LogP contribution in [0, 0.1) is 17.2 Å². The van der Waals surface area contributed by atoms with Gasteiger partial charge in [0.25, 0.3) is 5.91 Å². The molecule has 1 aromatic heterocycles. The van der Waals surface area contributed by atoms with Crippen LogP contribution in [0.5, 0.6) is 0 Å². The maximum Gasteiger partial charge on any atom is 0.280 e. The Morgan fingerprint density at radius 1 is 1.43 bits per heavy atom. The topological polar surface area (TPSA) is 70.1 Å². The SMILES string of the molecule is CC1CCc2onc(C(=O)N(CCC#N)c3ccccc3)c2C1. The van der Waals surface area contributed by atoms with Crippen LogP contribution < -0.4 is 4.90 Å². The van der Waals surface area contributed by atoms with Gasteiger partial charge < -0.3 is 9.42 Å². The van der Waals surface area contributed by atoms with Crippen molar-refractivity contribution in [3.8, 4) is 6.07 Å². The van der Waals surface area contributed by atoms with Gasteiger partial charge in [0.2, 0.25) is 0 Å². The molecule has 3 rings (SSSR count). The number of anilines is 1. The first kappa shape index (κ1) is 15.3. The van der Waals surface area contributed by atoms with Gasteiger partial charge in [-0.3, -0.25) is 4.79 Å². The minimum absolute atomic E-state index is 0.189. The molecule has 23 heavy (non-hydrogen) atoms. The molecule has 0 saturated carbocycles. The highest BCUT2D eigenvalue weighted by atomic mass is 16.5. The number of nitrogens with zero attached hydrogens (tertiary/aromatic N) is 3. The zero-order valence-corrected chi connectivity index (χ0v) is 13.2. The van der Waals surface area contributed by atoms with E-state index < -0.39 is 0 Å². The van der Waals surface area contributed by atoms with Gasteiger partial charge in [-0.15, -0.1) is 0 Å². The maximum atomic E-state index is 13.0. The molecule has 0 N–H and O–H groups in total. The Labute approximate surface area is 135 Å². The lowest BCUT2D eigenvalue weighted by molar-refractivity contribution is 0.0978. The van der Waals surface area contributed by atoms with E-state index in [0.717, 1.165) is 36.3 Å². The van der Waals surface area contributed by atoms with E-state index in [0.29, 0.717) is 18.2 Å². The highest BCUT2D eigenvalue weighted by Gasteiger charge is 2.29. The Balaban J connectivity index is 1.93. The molecule has 0 bridgehead atoms. The summed E-state index contributed by atoms with van der Waals surface area (Å²) in [5.41, 5.74) is 2.10. The van der Waals surface area contributed by atoms with E-state index in [4.69, 9.17) is 9.78 Å². The van der Waals surface area contributed by atoms with Crippen molar-refractivity contribution in [1.82, 2.24) is 5.16 Å². The molecule has 1 aliphatic rings. The summed E-state index contributed by atoms with van der Waals surface area (Å²) in [4.78, 5) is 14.6. The molecule has 118 valence electrons. The fraction of sp³-hybridized carbons (Fsp3) is 0.389. The zero-order chi connectivity index (χ0) is 16.2. The van der Waals surface area contributed by atoms with Crippen molar-refractivity contribution in [3.05, 3.63) is 47.3 Å². The molecule has 0 spiro atoms. The number of hydrogen-bond donors (Lipinski definition) is 0. The summed E-state index contributed by atoms with van der Waals surface area (Å²) >= 11 is 0. The normalized spacial score (nSPS) is 16.4. The summed E-state index contributed by atoms with van der Waals surface area (Å²) < 4.78 is 5.38. The van der Waals surface area contributed by atoms with Gasteiger partial charge in [-0.1, -0.05) is 30.3 Å². The number of aromatic nitrogens is 1. The third-order valence-electron chi connectivity index (χ3n) is 4.25. The predicted octanol–water partition coefficient (Wildman–Crippen LogP) is 3.36. The predicted molar refractivity (Wildman–Crippen MR) is 86.0 cm³/mol. The number of aryl methyl sites for hydroxylation is 1. The van der Waals surface area contributed by atoms with Gasteiger partial charge in [-0.25, -0.2) is 0 Å². The molecule has 0 aliphatic heterocycles. The van der Waals surface area contributed by atoms with Crippen LogP contribution in [0.1, 0.15) is 41.6 Å². The first-order valence-corrected chi connectivity index (χ1v) is 7.92. The van der Waals surface area contributed by atoms with Crippen molar-refractivity contribution in [2.75, 3.05) is 11.4 Å². The van der Waals surface area contributed by atoms with Crippen molar-refractivity contribution in [2.45, 2.75) is 32.6 Å². The van der Waals surface area contributed by atoms with Crippen LogP contribution in [0.25, 0.3) is 0 Å².